The summed E-state index contributed by atoms with van der Waals surface area (Å²) >= 11 is 3.00. The standard InChI is InChI=1S/C14H10BrF2N3/c1-7-3-13(9(6-18)8(2)19-7)20-14-4-10(15)11(16)5-12(14)17/h3-5H,1-2H3,(H,19,20). The van der Waals surface area contributed by atoms with Gasteiger partial charge >= 0.3 is 0 Å². The number of nitrogens with zero attached hydrogens (tertiary/aromatic N) is 2. The van der Waals surface area contributed by atoms with Crippen LogP contribution in [-0.4, -0.2) is 4.98 Å². The van der Waals surface area contributed by atoms with Crippen LogP contribution in [0.1, 0.15) is 17.0 Å². The Morgan fingerprint density at radius 3 is 2.50 bits per heavy atom. The quantitative estimate of drug-likeness (QED) is 0.828. The number of nitriles is 1. The first kappa shape index (κ1) is 14.4. The van der Waals surface area contributed by atoms with Gasteiger partial charge < -0.3 is 5.32 Å². The summed E-state index contributed by atoms with van der Waals surface area (Å²) in [6.07, 6.45) is 0. The summed E-state index contributed by atoms with van der Waals surface area (Å²) in [6, 6.07) is 5.73. The molecule has 0 saturated carbocycles. The van der Waals surface area contributed by atoms with Gasteiger partial charge in [-0.3, -0.25) is 4.98 Å². The van der Waals surface area contributed by atoms with Crippen LogP contribution in [0.5, 0.6) is 0 Å². The van der Waals surface area contributed by atoms with E-state index in [1.165, 1.54) is 6.07 Å². The van der Waals surface area contributed by atoms with Crippen LogP contribution < -0.4 is 5.32 Å². The molecule has 0 aliphatic carbocycles. The zero-order valence-corrected chi connectivity index (χ0v) is 12.3. The first-order chi connectivity index (χ1) is 9.42. The van der Waals surface area contributed by atoms with Gasteiger partial charge in [0, 0.05) is 11.8 Å². The molecule has 3 nitrogen and oxygen atoms in total. The third kappa shape index (κ3) is 2.78. The molecule has 1 aromatic carbocycles. The van der Waals surface area contributed by atoms with E-state index in [1.54, 1.807) is 19.9 Å². The second-order valence-electron chi connectivity index (χ2n) is 4.25. The summed E-state index contributed by atoms with van der Waals surface area (Å²) < 4.78 is 27.1. The van der Waals surface area contributed by atoms with E-state index < -0.39 is 11.6 Å². The average molecular weight is 338 g/mol. The number of aryl methyl sites for hydroxylation is 2. The van der Waals surface area contributed by atoms with Crippen LogP contribution in [0.4, 0.5) is 20.2 Å². The van der Waals surface area contributed by atoms with Gasteiger partial charge in [0.25, 0.3) is 0 Å². The Bertz CT molecular complexity index is 723. The highest BCUT2D eigenvalue weighted by molar-refractivity contribution is 9.10. The predicted molar refractivity (Wildman–Crippen MR) is 75.8 cm³/mol. The number of halogens is 3. The van der Waals surface area contributed by atoms with Crippen molar-refractivity contribution in [3.63, 3.8) is 0 Å². The molecule has 20 heavy (non-hydrogen) atoms. The Kier molecular flexibility index (Phi) is 4.00. The number of benzene rings is 1. The Balaban J connectivity index is 2.51. The van der Waals surface area contributed by atoms with Gasteiger partial charge in [-0.05, 0) is 41.9 Å². The lowest BCUT2D eigenvalue weighted by Crippen LogP contribution is -2.01. The fourth-order valence-corrected chi connectivity index (χ4v) is 2.18. The van der Waals surface area contributed by atoms with E-state index >= 15 is 0 Å². The lowest BCUT2D eigenvalue weighted by Gasteiger charge is -2.12. The monoisotopic (exact) mass is 337 g/mol. The first-order valence-corrected chi connectivity index (χ1v) is 6.51. The maximum Gasteiger partial charge on any atom is 0.149 e. The third-order valence-corrected chi connectivity index (χ3v) is 3.33. The second kappa shape index (κ2) is 5.55. The van der Waals surface area contributed by atoms with Crippen molar-refractivity contribution in [2.45, 2.75) is 13.8 Å². The Labute approximate surface area is 123 Å². The van der Waals surface area contributed by atoms with Crippen LogP contribution in [0.2, 0.25) is 0 Å². The zero-order chi connectivity index (χ0) is 14.9. The van der Waals surface area contributed by atoms with Gasteiger partial charge in [-0.15, -0.1) is 0 Å². The smallest absolute Gasteiger partial charge is 0.149 e. The van der Waals surface area contributed by atoms with E-state index in [1.807, 2.05) is 6.07 Å². The molecule has 0 spiro atoms. The van der Waals surface area contributed by atoms with Gasteiger partial charge in [0.2, 0.25) is 0 Å². The summed E-state index contributed by atoms with van der Waals surface area (Å²) in [5.41, 5.74) is 2.10. The lowest BCUT2D eigenvalue weighted by atomic mass is 10.1. The van der Waals surface area contributed by atoms with E-state index in [9.17, 15) is 8.78 Å². The highest BCUT2D eigenvalue weighted by Gasteiger charge is 2.12. The maximum atomic E-state index is 13.7. The molecule has 0 radical (unpaired) electrons. The van der Waals surface area contributed by atoms with Crippen molar-refractivity contribution >= 4 is 27.3 Å². The van der Waals surface area contributed by atoms with Crippen molar-refractivity contribution in [2.24, 2.45) is 0 Å². The molecule has 0 unspecified atom stereocenters. The summed E-state index contributed by atoms with van der Waals surface area (Å²) in [6.45, 7) is 3.48. The van der Waals surface area contributed by atoms with Crippen LogP contribution in [0, 0.1) is 36.8 Å². The fraction of sp³-hybridized carbons (Fsp3) is 0.143. The second-order valence-corrected chi connectivity index (χ2v) is 5.11. The van der Waals surface area contributed by atoms with E-state index in [0.29, 0.717) is 22.6 Å². The van der Waals surface area contributed by atoms with Gasteiger partial charge in [-0.2, -0.15) is 5.26 Å². The molecule has 1 aromatic heterocycles. The molecule has 102 valence electrons. The summed E-state index contributed by atoms with van der Waals surface area (Å²) in [5.74, 6) is -1.42. The average Bonchev–Trinajstić information content (AvgIpc) is 2.35. The molecule has 0 fully saturated rings. The molecule has 0 bridgehead atoms. The number of hydrogen-bond acceptors (Lipinski definition) is 3. The summed E-state index contributed by atoms with van der Waals surface area (Å²) in [7, 11) is 0. The SMILES string of the molecule is Cc1cc(Nc2cc(Br)c(F)cc2F)c(C#N)c(C)n1. The first-order valence-electron chi connectivity index (χ1n) is 5.72. The van der Waals surface area contributed by atoms with Crippen LogP contribution in [0.15, 0.2) is 22.7 Å². The van der Waals surface area contributed by atoms with Gasteiger partial charge in [0.1, 0.15) is 17.7 Å². The van der Waals surface area contributed by atoms with Gasteiger partial charge in [-0.25, -0.2) is 8.78 Å². The number of pyridine rings is 1. The largest absolute Gasteiger partial charge is 0.352 e. The predicted octanol–water partition coefficient (Wildman–Crippen LogP) is 4.35. The molecule has 0 saturated heterocycles. The molecule has 2 rings (SSSR count). The summed E-state index contributed by atoms with van der Waals surface area (Å²) in [5, 5.41) is 12.0. The minimum atomic E-state index is -0.735. The van der Waals surface area contributed by atoms with Crippen molar-refractivity contribution in [1.29, 1.82) is 5.26 Å². The molecule has 0 aliphatic rings. The molecule has 1 heterocycles. The van der Waals surface area contributed by atoms with Gasteiger partial charge in [0.15, 0.2) is 0 Å². The third-order valence-electron chi connectivity index (χ3n) is 2.72. The molecular weight excluding hydrogens is 328 g/mol. The normalized spacial score (nSPS) is 10.2. The zero-order valence-electron chi connectivity index (χ0n) is 10.8. The topological polar surface area (TPSA) is 48.7 Å². The van der Waals surface area contributed by atoms with Crippen molar-refractivity contribution in [2.75, 3.05) is 5.32 Å². The van der Waals surface area contributed by atoms with Gasteiger partial charge in [0.05, 0.1) is 27.1 Å². The summed E-state index contributed by atoms with van der Waals surface area (Å²) in [4.78, 5) is 4.18. The number of hydrogen-bond donors (Lipinski definition) is 1. The lowest BCUT2D eigenvalue weighted by molar-refractivity contribution is 0.581. The molecular formula is C14H10BrF2N3. The van der Waals surface area contributed by atoms with Crippen LogP contribution in [0.3, 0.4) is 0 Å². The molecule has 0 atom stereocenters. The molecule has 2 aromatic rings. The van der Waals surface area contributed by atoms with Crippen LogP contribution in [0.25, 0.3) is 0 Å². The molecule has 1 N–H and O–H groups in total. The number of nitrogens with one attached hydrogen (secondary N) is 1. The Morgan fingerprint density at radius 2 is 1.85 bits per heavy atom. The van der Waals surface area contributed by atoms with Crippen LogP contribution in [-0.2, 0) is 0 Å². The van der Waals surface area contributed by atoms with E-state index in [2.05, 4.69) is 26.2 Å². The highest BCUT2D eigenvalue weighted by Crippen LogP contribution is 2.28. The molecule has 0 aliphatic heterocycles. The number of anilines is 2. The van der Waals surface area contributed by atoms with E-state index in [4.69, 9.17) is 5.26 Å². The minimum absolute atomic E-state index is 0.0831. The van der Waals surface area contributed by atoms with Crippen molar-refractivity contribution < 1.29 is 8.78 Å². The van der Waals surface area contributed by atoms with Crippen molar-refractivity contribution in [3.8, 4) is 6.07 Å². The number of rotatable bonds is 2. The fourth-order valence-electron chi connectivity index (χ4n) is 1.83. The Hall–Kier alpha value is -2.00. The van der Waals surface area contributed by atoms with Crippen molar-refractivity contribution in [3.05, 3.63) is 51.3 Å². The minimum Gasteiger partial charge on any atom is -0.352 e. The van der Waals surface area contributed by atoms with E-state index in [0.717, 1.165) is 6.07 Å². The number of aromatic nitrogens is 1. The van der Waals surface area contributed by atoms with Crippen LogP contribution >= 0.6 is 15.9 Å². The van der Waals surface area contributed by atoms with Gasteiger partial charge in [-0.1, -0.05) is 0 Å². The molecule has 0 amide bonds. The molecule has 6 heteroatoms. The van der Waals surface area contributed by atoms with Crippen molar-refractivity contribution in [1.82, 2.24) is 4.98 Å². The van der Waals surface area contributed by atoms with E-state index in [-0.39, 0.29) is 10.2 Å². The maximum absolute atomic E-state index is 13.7. The highest BCUT2D eigenvalue weighted by atomic mass is 79.9. The Morgan fingerprint density at radius 1 is 1.15 bits per heavy atom.